The van der Waals surface area contributed by atoms with Crippen LogP contribution in [0, 0.1) is 34.9 Å². The number of rotatable bonds is 7. The number of imide groups is 2. The second-order valence-corrected chi connectivity index (χ2v) is 15.3. The van der Waals surface area contributed by atoms with Gasteiger partial charge in [-0.25, -0.2) is 9.29 Å². The van der Waals surface area contributed by atoms with E-state index in [1.54, 1.807) is 32.0 Å². The number of anilines is 1. The van der Waals surface area contributed by atoms with Gasteiger partial charge in [-0.1, -0.05) is 65.7 Å². The predicted octanol–water partition coefficient (Wildman–Crippen LogP) is 6.48. The van der Waals surface area contributed by atoms with Gasteiger partial charge in [0.05, 0.1) is 40.5 Å². The van der Waals surface area contributed by atoms with E-state index in [0.29, 0.717) is 31.4 Å². The van der Waals surface area contributed by atoms with Gasteiger partial charge in [-0.15, -0.1) is 0 Å². The van der Waals surface area contributed by atoms with E-state index >= 15 is 0 Å². The first-order valence-corrected chi connectivity index (χ1v) is 18.5. The van der Waals surface area contributed by atoms with Crippen molar-refractivity contribution >= 4 is 40.9 Å². The topological polar surface area (TPSA) is 107 Å². The van der Waals surface area contributed by atoms with Crippen molar-refractivity contribution in [1.82, 2.24) is 9.80 Å². The standard InChI is InChI=1S/C41H41ClFN3O6/c1-3-52-33-11-7-10-28(36(33)47)35-26-13-14-27-34(39(50)45(37(27)48)24-16-18-44(19-17-24)22-23-8-5-4-6-9-23)29(26)21-30-38(49)46(40(51)41(30,35)2)25-12-15-32(43)31(42)20-25/h4-13,15,20,24,27,29-30,34-35,47H,3,14,16-19,21-22H2,1-2H3/t27-,29+,30-,34-,35+,41+/m0/s1. The molecule has 3 heterocycles. The molecular formula is C41H41ClFN3O6. The summed E-state index contributed by atoms with van der Waals surface area (Å²) in [6.45, 7) is 6.16. The van der Waals surface area contributed by atoms with Crippen LogP contribution in [0.1, 0.15) is 56.6 Å². The Balaban J connectivity index is 1.15. The van der Waals surface area contributed by atoms with Gasteiger partial charge in [0, 0.05) is 37.2 Å². The van der Waals surface area contributed by atoms with Gasteiger partial charge in [-0.05, 0) is 75.3 Å². The molecule has 9 nitrogen and oxygen atoms in total. The fraction of sp³-hybridized carbons (Fsp3) is 0.415. The number of fused-ring (bicyclic) bond motifs is 4. The molecule has 3 aromatic carbocycles. The van der Waals surface area contributed by atoms with Gasteiger partial charge in [-0.2, -0.15) is 0 Å². The van der Waals surface area contributed by atoms with Crippen molar-refractivity contribution in [3.63, 3.8) is 0 Å². The van der Waals surface area contributed by atoms with E-state index in [0.717, 1.165) is 36.2 Å². The zero-order valence-corrected chi connectivity index (χ0v) is 29.9. The number of halogens is 2. The molecule has 0 radical (unpaired) electrons. The summed E-state index contributed by atoms with van der Waals surface area (Å²) in [6.07, 6.45) is 3.81. The summed E-state index contributed by atoms with van der Waals surface area (Å²) < 4.78 is 20.0. The second kappa shape index (κ2) is 13.1. The Morgan fingerprint density at radius 1 is 0.942 bits per heavy atom. The predicted molar refractivity (Wildman–Crippen MR) is 192 cm³/mol. The molecule has 2 aliphatic carbocycles. The number of allylic oxidation sites excluding steroid dienone is 2. The number of benzene rings is 3. The van der Waals surface area contributed by atoms with Crippen molar-refractivity contribution < 1.29 is 33.4 Å². The molecule has 1 saturated carbocycles. The summed E-state index contributed by atoms with van der Waals surface area (Å²) in [7, 11) is 0. The van der Waals surface area contributed by atoms with E-state index in [-0.39, 0.29) is 46.5 Å². The van der Waals surface area contributed by atoms with Crippen LogP contribution in [0.25, 0.3) is 0 Å². The maximum Gasteiger partial charge on any atom is 0.241 e. The van der Waals surface area contributed by atoms with Crippen LogP contribution in [-0.2, 0) is 25.7 Å². The number of aromatic hydroxyl groups is 1. The number of nitrogens with zero attached hydrogens (tertiary/aromatic N) is 3. The van der Waals surface area contributed by atoms with Crippen LogP contribution in [0.2, 0.25) is 5.02 Å². The van der Waals surface area contributed by atoms with Crippen molar-refractivity contribution in [2.24, 2.45) is 29.1 Å². The number of carbonyl (C=O) groups excluding carboxylic acids is 4. The first-order valence-electron chi connectivity index (χ1n) is 18.2. The maximum absolute atomic E-state index is 14.7. The molecule has 0 bridgehead atoms. The van der Waals surface area contributed by atoms with Crippen LogP contribution in [0.5, 0.6) is 11.5 Å². The molecule has 8 rings (SSSR count). The molecule has 3 aromatic rings. The van der Waals surface area contributed by atoms with Crippen molar-refractivity contribution in [3.8, 4) is 11.5 Å². The number of hydrogen-bond acceptors (Lipinski definition) is 7. The number of phenolic OH excluding ortho intramolecular Hbond substituents is 1. The van der Waals surface area contributed by atoms with E-state index < -0.39 is 52.6 Å². The highest BCUT2D eigenvalue weighted by Gasteiger charge is 2.68. The van der Waals surface area contributed by atoms with Crippen molar-refractivity contribution in [1.29, 1.82) is 0 Å². The minimum atomic E-state index is -1.38. The molecule has 52 heavy (non-hydrogen) atoms. The van der Waals surface area contributed by atoms with Gasteiger partial charge in [0.15, 0.2) is 11.5 Å². The van der Waals surface area contributed by atoms with Gasteiger partial charge in [0.1, 0.15) is 5.82 Å². The highest BCUT2D eigenvalue weighted by molar-refractivity contribution is 6.31. The van der Waals surface area contributed by atoms with E-state index in [2.05, 4.69) is 17.0 Å². The number of piperidine rings is 1. The first kappa shape index (κ1) is 34.5. The third-order valence-corrected chi connectivity index (χ3v) is 12.6. The number of amides is 4. The smallest absolute Gasteiger partial charge is 0.241 e. The van der Waals surface area contributed by atoms with E-state index in [9.17, 15) is 28.7 Å². The van der Waals surface area contributed by atoms with Crippen molar-refractivity contribution in [2.45, 2.75) is 58.0 Å². The number of para-hydroxylation sites is 1. The number of likely N-dealkylation sites (tertiary alicyclic amines) is 2. The minimum Gasteiger partial charge on any atom is -0.504 e. The van der Waals surface area contributed by atoms with Gasteiger partial charge < -0.3 is 9.84 Å². The Bertz CT molecular complexity index is 2000. The molecular weight excluding hydrogens is 685 g/mol. The Kier molecular flexibility index (Phi) is 8.73. The Labute approximate surface area is 307 Å². The molecule has 3 saturated heterocycles. The van der Waals surface area contributed by atoms with Crippen LogP contribution in [0.4, 0.5) is 10.1 Å². The lowest BCUT2D eigenvalue weighted by Crippen LogP contribution is -2.49. The monoisotopic (exact) mass is 725 g/mol. The normalized spacial score (nSPS) is 29.2. The third-order valence-electron chi connectivity index (χ3n) is 12.3. The fourth-order valence-electron chi connectivity index (χ4n) is 9.84. The van der Waals surface area contributed by atoms with Crippen molar-refractivity contribution in [3.05, 3.63) is 100 Å². The van der Waals surface area contributed by atoms with E-state index in [4.69, 9.17) is 16.3 Å². The number of carbonyl (C=O) groups is 4. The van der Waals surface area contributed by atoms with Crippen LogP contribution >= 0.6 is 11.6 Å². The van der Waals surface area contributed by atoms with Gasteiger partial charge >= 0.3 is 0 Å². The molecule has 270 valence electrons. The van der Waals surface area contributed by atoms with E-state index in [1.165, 1.54) is 22.6 Å². The summed E-state index contributed by atoms with van der Waals surface area (Å²) >= 11 is 6.12. The molecule has 3 aliphatic heterocycles. The molecule has 0 spiro atoms. The molecule has 0 aromatic heterocycles. The highest BCUT2D eigenvalue weighted by Crippen LogP contribution is 2.65. The average Bonchev–Trinajstić information content (AvgIpc) is 3.51. The summed E-state index contributed by atoms with van der Waals surface area (Å²) in [5.74, 6) is -5.46. The molecule has 1 N–H and O–H groups in total. The van der Waals surface area contributed by atoms with Gasteiger partial charge in [0.2, 0.25) is 23.6 Å². The average molecular weight is 726 g/mol. The minimum absolute atomic E-state index is 0.140. The fourth-order valence-corrected chi connectivity index (χ4v) is 10.0. The maximum atomic E-state index is 14.7. The number of ether oxygens (including phenoxy) is 1. The summed E-state index contributed by atoms with van der Waals surface area (Å²) in [6, 6.07) is 18.9. The Hall–Kier alpha value is -4.54. The van der Waals surface area contributed by atoms with Crippen LogP contribution in [0.15, 0.2) is 78.4 Å². The molecule has 0 unspecified atom stereocenters. The zero-order valence-electron chi connectivity index (χ0n) is 29.1. The van der Waals surface area contributed by atoms with Crippen molar-refractivity contribution in [2.75, 3.05) is 24.6 Å². The zero-order chi connectivity index (χ0) is 36.5. The summed E-state index contributed by atoms with van der Waals surface area (Å²) in [5.41, 5.74) is 1.16. The van der Waals surface area contributed by atoms with Gasteiger partial charge in [-0.3, -0.25) is 29.0 Å². The quantitative estimate of drug-likeness (QED) is 0.220. The van der Waals surface area contributed by atoms with Gasteiger partial charge in [0.25, 0.3) is 0 Å². The molecule has 4 amide bonds. The van der Waals surface area contributed by atoms with Crippen LogP contribution < -0.4 is 9.64 Å². The lowest BCUT2D eigenvalue weighted by atomic mass is 9.51. The van der Waals surface area contributed by atoms with E-state index in [1.807, 2.05) is 24.3 Å². The second-order valence-electron chi connectivity index (χ2n) is 14.9. The largest absolute Gasteiger partial charge is 0.504 e. The number of hydrogen-bond donors (Lipinski definition) is 1. The lowest BCUT2D eigenvalue weighted by molar-refractivity contribution is -0.144. The van der Waals surface area contributed by atoms with Crippen LogP contribution in [-0.4, -0.2) is 64.3 Å². The summed E-state index contributed by atoms with van der Waals surface area (Å²) in [4.78, 5) is 62.8. The lowest BCUT2D eigenvalue weighted by Gasteiger charge is -2.49. The Morgan fingerprint density at radius 3 is 2.40 bits per heavy atom. The SMILES string of the molecule is CCOc1cccc([C@H]2C3=CC[C@@H]4C(=O)N(C5CCN(Cc6ccccc6)CC5)C(=O)[C@@H]4[C@@H]3C[C@H]3C(=O)N(c4ccc(F)c(Cl)c4)C(=O)[C@@]23C)c1O. The first-order chi connectivity index (χ1) is 25.0. The highest BCUT2D eigenvalue weighted by atomic mass is 35.5. The van der Waals surface area contributed by atoms with Crippen LogP contribution in [0.3, 0.4) is 0 Å². The third kappa shape index (κ3) is 5.28. The number of phenols is 1. The Morgan fingerprint density at radius 2 is 1.69 bits per heavy atom. The molecule has 6 atom stereocenters. The summed E-state index contributed by atoms with van der Waals surface area (Å²) in [5, 5.41) is 11.4. The molecule has 11 heteroatoms. The molecule has 4 fully saturated rings. The molecule has 5 aliphatic rings.